The van der Waals surface area contributed by atoms with E-state index in [2.05, 4.69) is 5.32 Å². The van der Waals surface area contributed by atoms with E-state index in [1.54, 1.807) is 0 Å². The molecular weight excluding hydrogens is 292 g/mol. The van der Waals surface area contributed by atoms with Gasteiger partial charge >= 0.3 is 0 Å². The normalized spacial score (nSPS) is 28.8. The van der Waals surface area contributed by atoms with Crippen molar-refractivity contribution in [2.45, 2.75) is 51.6 Å². The number of amides is 2. The van der Waals surface area contributed by atoms with E-state index in [1.165, 1.54) is 4.90 Å². The molecule has 1 N–H and O–H groups in total. The van der Waals surface area contributed by atoms with Crippen molar-refractivity contribution in [2.75, 3.05) is 18.1 Å². The first-order valence-electron chi connectivity index (χ1n) is 7.67. The van der Waals surface area contributed by atoms with E-state index in [1.807, 2.05) is 13.8 Å². The Bertz CT molecular complexity index is 513. The first kappa shape index (κ1) is 16.4. The zero-order chi connectivity index (χ0) is 15.6. The molecule has 0 bridgehead atoms. The second-order valence-electron chi connectivity index (χ2n) is 6.01. The van der Waals surface area contributed by atoms with E-state index < -0.39 is 15.9 Å². The van der Waals surface area contributed by atoms with Crippen LogP contribution in [0.25, 0.3) is 0 Å². The summed E-state index contributed by atoms with van der Waals surface area (Å²) in [6.45, 7) is 4.43. The fraction of sp³-hybridized carbons (Fsp3) is 0.857. The molecule has 2 aliphatic rings. The molecule has 120 valence electrons. The quantitative estimate of drug-likeness (QED) is 0.714. The molecule has 7 heteroatoms. The molecule has 0 spiro atoms. The van der Waals surface area contributed by atoms with Crippen LogP contribution in [0.5, 0.6) is 0 Å². The Morgan fingerprint density at radius 1 is 1.29 bits per heavy atom. The molecule has 0 aromatic rings. The van der Waals surface area contributed by atoms with Gasteiger partial charge in [0.2, 0.25) is 11.8 Å². The number of hydrogen-bond donors (Lipinski definition) is 1. The van der Waals surface area contributed by atoms with Gasteiger partial charge in [-0.15, -0.1) is 0 Å². The number of hydrogen-bond acceptors (Lipinski definition) is 5. The van der Waals surface area contributed by atoms with Crippen molar-refractivity contribution in [1.82, 2.24) is 10.2 Å². The van der Waals surface area contributed by atoms with Gasteiger partial charge in [0, 0.05) is 6.04 Å². The van der Waals surface area contributed by atoms with E-state index in [0.717, 1.165) is 12.8 Å². The lowest BCUT2D eigenvalue weighted by Gasteiger charge is -2.24. The van der Waals surface area contributed by atoms with Gasteiger partial charge in [0.25, 0.3) is 0 Å². The van der Waals surface area contributed by atoms with Crippen molar-refractivity contribution in [3.8, 4) is 0 Å². The lowest BCUT2D eigenvalue weighted by molar-refractivity contribution is -0.141. The fourth-order valence-corrected chi connectivity index (χ4v) is 5.05. The number of carbonyl (C=O) groups is 2. The maximum Gasteiger partial charge on any atom is 0.247 e. The molecule has 21 heavy (non-hydrogen) atoms. The molecule has 2 unspecified atom stereocenters. The van der Waals surface area contributed by atoms with Crippen LogP contribution in [-0.4, -0.2) is 55.3 Å². The number of sulfone groups is 1. The van der Waals surface area contributed by atoms with Gasteiger partial charge in [-0.1, -0.05) is 13.8 Å². The van der Waals surface area contributed by atoms with Crippen LogP contribution < -0.4 is 5.32 Å². The number of likely N-dealkylation sites (tertiary alicyclic amines) is 1. The summed E-state index contributed by atoms with van der Waals surface area (Å²) in [7, 11) is -2.90. The van der Waals surface area contributed by atoms with Crippen LogP contribution in [0, 0.1) is 5.92 Å². The highest BCUT2D eigenvalue weighted by atomic mass is 32.2. The maximum absolute atomic E-state index is 12.3. The Morgan fingerprint density at radius 2 is 1.95 bits per heavy atom. The second kappa shape index (κ2) is 6.44. The third-order valence-corrected chi connectivity index (χ3v) is 6.31. The van der Waals surface area contributed by atoms with Gasteiger partial charge in [-0.05, 0) is 31.7 Å². The summed E-state index contributed by atoms with van der Waals surface area (Å²) in [5, 5.41) is 3.10. The fourth-order valence-electron chi connectivity index (χ4n) is 3.19. The Hall–Kier alpha value is -0.950. The molecule has 0 saturated carbocycles. The van der Waals surface area contributed by atoms with Gasteiger partial charge in [-0.25, -0.2) is 8.42 Å². The largest absolute Gasteiger partial charge is 0.305 e. The third-order valence-electron chi connectivity index (χ3n) is 4.47. The summed E-state index contributed by atoms with van der Waals surface area (Å²) in [6.07, 6.45) is 2.36. The standard InChI is InChI=1S/C14H24N2O4S/c1-3-11(4-2)16-13(17)7-12(14(16)18)15-8-10-5-6-21(19,20)9-10/h10-12,15H,3-9H2,1-2H3. The van der Waals surface area contributed by atoms with Crippen LogP contribution >= 0.6 is 0 Å². The molecule has 0 aromatic heterocycles. The number of carbonyl (C=O) groups excluding carboxylic acids is 2. The van der Waals surface area contributed by atoms with Gasteiger partial charge < -0.3 is 5.32 Å². The maximum atomic E-state index is 12.3. The van der Waals surface area contributed by atoms with Crippen LogP contribution in [0.1, 0.15) is 39.5 Å². The van der Waals surface area contributed by atoms with Crippen molar-refractivity contribution in [3.63, 3.8) is 0 Å². The monoisotopic (exact) mass is 316 g/mol. The van der Waals surface area contributed by atoms with Crippen molar-refractivity contribution < 1.29 is 18.0 Å². The zero-order valence-electron chi connectivity index (χ0n) is 12.7. The molecule has 0 aliphatic carbocycles. The highest BCUT2D eigenvalue weighted by Gasteiger charge is 2.41. The molecule has 2 rings (SSSR count). The number of imide groups is 1. The molecular formula is C14H24N2O4S. The van der Waals surface area contributed by atoms with Crippen LogP contribution in [-0.2, 0) is 19.4 Å². The van der Waals surface area contributed by atoms with Crippen molar-refractivity contribution in [3.05, 3.63) is 0 Å². The average molecular weight is 316 g/mol. The minimum absolute atomic E-state index is 0.0244. The topological polar surface area (TPSA) is 83.6 Å². The number of nitrogens with one attached hydrogen (secondary N) is 1. The van der Waals surface area contributed by atoms with Crippen LogP contribution in [0.3, 0.4) is 0 Å². The number of rotatable bonds is 6. The van der Waals surface area contributed by atoms with Crippen molar-refractivity contribution in [2.24, 2.45) is 5.92 Å². The first-order valence-corrected chi connectivity index (χ1v) is 9.49. The minimum Gasteiger partial charge on any atom is -0.305 e. The summed E-state index contributed by atoms with van der Waals surface area (Å²) in [5.41, 5.74) is 0. The van der Waals surface area contributed by atoms with E-state index in [0.29, 0.717) is 13.0 Å². The van der Waals surface area contributed by atoms with E-state index >= 15 is 0 Å². The summed E-state index contributed by atoms with van der Waals surface area (Å²) < 4.78 is 22.8. The number of nitrogens with zero attached hydrogens (tertiary/aromatic N) is 1. The molecule has 2 aliphatic heterocycles. The molecule has 6 nitrogen and oxygen atoms in total. The SMILES string of the molecule is CCC(CC)N1C(=O)CC(NCC2CCS(=O)(=O)C2)C1=O. The Labute approximate surface area is 126 Å². The zero-order valence-corrected chi connectivity index (χ0v) is 13.5. The third kappa shape index (κ3) is 3.63. The predicted molar refractivity (Wildman–Crippen MR) is 79.4 cm³/mol. The second-order valence-corrected chi connectivity index (χ2v) is 8.24. The van der Waals surface area contributed by atoms with Crippen LogP contribution in [0.15, 0.2) is 0 Å². The molecule has 2 saturated heterocycles. The van der Waals surface area contributed by atoms with Gasteiger partial charge in [-0.2, -0.15) is 0 Å². The van der Waals surface area contributed by atoms with E-state index in [9.17, 15) is 18.0 Å². The lowest BCUT2D eigenvalue weighted by Crippen LogP contribution is -2.44. The summed E-state index contributed by atoms with van der Waals surface area (Å²) in [6, 6.07) is -0.509. The molecule has 2 heterocycles. The van der Waals surface area contributed by atoms with E-state index in [-0.39, 0.29) is 41.7 Å². The van der Waals surface area contributed by atoms with Crippen molar-refractivity contribution in [1.29, 1.82) is 0 Å². The van der Waals surface area contributed by atoms with Gasteiger partial charge in [-0.3, -0.25) is 14.5 Å². The smallest absolute Gasteiger partial charge is 0.247 e. The van der Waals surface area contributed by atoms with Gasteiger partial charge in [0.15, 0.2) is 9.84 Å². The summed E-state index contributed by atoms with van der Waals surface area (Å²) >= 11 is 0. The minimum atomic E-state index is -2.90. The highest BCUT2D eigenvalue weighted by molar-refractivity contribution is 7.91. The molecule has 2 amide bonds. The Morgan fingerprint density at radius 3 is 2.48 bits per heavy atom. The Balaban J connectivity index is 1.91. The first-order chi connectivity index (χ1) is 9.88. The Kier molecular flexibility index (Phi) is 5.03. The molecule has 0 radical (unpaired) electrons. The van der Waals surface area contributed by atoms with Crippen molar-refractivity contribution >= 4 is 21.7 Å². The van der Waals surface area contributed by atoms with Gasteiger partial charge in [0.1, 0.15) is 0 Å². The van der Waals surface area contributed by atoms with E-state index in [4.69, 9.17) is 0 Å². The van der Waals surface area contributed by atoms with Gasteiger partial charge in [0.05, 0.1) is 24.0 Å². The average Bonchev–Trinajstić information content (AvgIpc) is 2.91. The van der Waals surface area contributed by atoms with Crippen LogP contribution in [0.2, 0.25) is 0 Å². The lowest BCUT2D eigenvalue weighted by atomic mass is 10.1. The van der Waals surface area contributed by atoms with Crippen LogP contribution in [0.4, 0.5) is 0 Å². The summed E-state index contributed by atoms with van der Waals surface area (Å²) in [4.78, 5) is 25.7. The summed E-state index contributed by atoms with van der Waals surface area (Å²) in [5.74, 6) is 0.196. The molecule has 2 atom stereocenters. The predicted octanol–water partition coefficient (Wildman–Crippen LogP) is 0.327. The molecule has 0 aromatic carbocycles. The highest BCUT2D eigenvalue weighted by Crippen LogP contribution is 2.22. The molecule has 2 fully saturated rings.